The van der Waals surface area contributed by atoms with Crippen LogP contribution in [0.1, 0.15) is 18.5 Å². The van der Waals surface area contributed by atoms with Crippen molar-refractivity contribution in [2.24, 2.45) is 0 Å². The number of hydrogen-bond donors (Lipinski definition) is 1. The van der Waals surface area contributed by atoms with E-state index in [9.17, 15) is 0 Å². The largest absolute Gasteiger partial charge is 0.355 e. The van der Waals surface area contributed by atoms with E-state index in [1.165, 1.54) is 12.8 Å². The van der Waals surface area contributed by atoms with Crippen LogP contribution in [0.4, 0.5) is 5.82 Å². The molecule has 0 saturated carbocycles. The lowest BCUT2D eigenvalue weighted by Crippen LogP contribution is -2.41. The van der Waals surface area contributed by atoms with Gasteiger partial charge in [-0.15, -0.1) is 0 Å². The molecule has 5 heteroatoms. The molecule has 0 amide bonds. The highest BCUT2D eigenvalue weighted by molar-refractivity contribution is 5.69. The number of aryl methyl sites for hydroxylation is 1. The van der Waals surface area contributed by atoms with Gasteiger partial charge in [-0.05, 0) is 32.9 Å². The Morgan fingerprint density at radius 2 is 2.11 bits per heavy atom. The first-order valence-electron chi connectivity index (χ1n) is 6.51. The summed E-state index contributed by atoms with van der Waals surface area (Å²) in [5.74, 6) is 1.06. The van der Waals surface area contributed by atoms with E-state index in [4.69, 9.17) is 0 Å². The minimum Gasteiger partial charge on any atom is -0.355 e. The van der Waals surface area contributed by atoms with Crippen LogP contribution in [0.5, 0.6) is 0 Å². The van der Waals surface area contributed by atoms with Gasteiger partial charge >= 0.3 is 0 Å². The van der Waals surface area contributed by atoms with Crippen molar-refractivity contribution in [1.82, 2.24) is 19.9 Å². The summed E-state index contributed by atoms with van der Waals surface area (Å²) in [6.07, 6.45) is 6.09. The van der Waals surface area contributed by atoms with Crippen molar-refractivity contribution >= 4 is 11.3 Å². The van der Waals surface area contributed by atoms with Crippen molar-refractivity contribution in [3.8, 4) is 0 Å². The Labute approximate surface area is 107 Å². The maximum absolute atomic E-state index is 4.54. The maximum Gasteiger partial charge on any atom is 0.154 e. The third-order valence-corrected chi connectivity index (χ3v) is 3.69. The van der Waals surface area contributed by atoms with Gasteiger partial charge in [0.1, 0.15) is 5.52 Å². The van der Waals surface area contributed by atoms with E-state index < -0.39 is 0 Å². The number of fused-ring (bicyclic) bond motifs is 1. The van der Waals surface area contributed by atoms with E-state index >= 15 is 0 Å². The molecule has 2 aromatic heterocycles. The molecule has 0 aliphatic carbocycles. The number of piperidine rings is 1. The summed E-state index contributed by atoms with van der Waals surface area (Å²) in [5.41, 5.74) is 2.15. The lowest BCUT2D eigenvalue weighted by Gasteiger charge is -2.32. The second kappa shape index (κ2) is 4.57. The first-order valence-corrected chi connectivity index (χ1v) is 6.51. The van der Waals surface area contributed by atoms with E-state index in [2.05, 4.69) is 26.4 Å². The number of nitrogens with one attached hydrogen (secondary N) is 1. The van der Waals surface area contributed by atoms with E-state index in [0.29, 0.717) is 6.04 Å². The number of nitrogens with zero attached hydrogens (tertiary/aromatic N) is 4. The molecule has 0 unspecified atom stereocenters. The van der Waals surface area contributed by atoms with E-state index in [1.54, 1.807) is 0 Å². The van der Waals surface area contributed by atoms with Crippen LogP contribution in [-0.2, 0) is 0 Å². The van der Waals surface area contributed by atoms with Gasteiger partial charge in [-0.2, -0.15) is 5.10 Å². The fourth-order valence-electron chi connectivity index (χ4n) is 2.65. The summed E-state index contributed by atoms with van der Waals surface area (Å²) in [6, 6.07) is 2.75. The van der Waals surface area contributed by atoms with Gasteiger partial charge in [-0.25, -0.2) is 9.50 Å². The Morgan fingerprint density at radius 1 is 1.33 bits per heavy atom. The summed E-state index contributed by atoms with van der Waals surface area (Å²) in [4.78, 5) is 6.90. The van der Waals surface area contributed by atoms with Crippen LogP contribution >= 0.6 is 0 Å². The molecule has 2 aromatic rings. The number of anilines is 1. The molecule has 0 spiro atoms. The van der Waals surface area contributed by atoms with Crippen molar-refractivity contribution in [3.05, 3.63) is 24.2 Å². The summed E-state index contributed by atoms with van der Waals surface area (Å²) in [7, 11) is 2.04. The molecule has 1 fully saturated rings. The van der Waals surface area contributed by atoms with Gasteiger partial charge in [0.2, 0.25) is 0 Å². The fraction of sp³-hybridized carbons (Fsp3) is 0.538. The van der Waals surface area contributed by atoms with Gasteiger partial charge in [-0.1, -0.05) is 0 Å². The quantitative estimate of drug-likeness (QED) is 0.864. The van der Waals surface area contributed by atoms with E-state index in [1.807, 2.05) is 30.9 Å². The van der Waals surface area contributed by atoms with Crippen LogP contribution in [0.3, 0.4) is 0 Å². The molecule has 0 radical (unpaired) electrons. The smallest absolute Gasteiger partial charge is 0.154 e. The fourth-order valence-corrected chi connectivity index (χ4v) is 2.65. The van der Waals surface area contributed by atoms with Crippen molar-refractivity contribution in [2.45, 2.75) is 25.8 Å². The molecule has 0 aromatic carbocycles. The Bertz CT molecular complexity index is 539. The molecule has 5 nitrogen and oxygen atoms in total. The van der Waals surface area contributed by atoms with Gasteiger partial charge in [0.25, 0.3) is 0 Å². The summed E-state index contributed by atoms with van der Waals surface area (Å²) in [6.45, 7) is 4.13. The zero-order valence-electron chi connectivity index (χ0n) is 10.9. The Morgan fingerprint density at radius 3 is 2.83 bits per heavy atom. The Balaban J connectivity index is 1.90. The highest BCUT2D eigenvalue weighted by Crippen LogP contribution is 2.23. The zero-order valence-corrected chi connectivity index (χ0v) is 10.9. The highest BCUT2D eigenvalue weighted by atomic mass is 15.3. The van der Waals surface area contributed by atoms with E-state index in [-0.39, 0.29) is 0 Å². The number of hydrogen-bond acceptors (Lipinski definition) is 4. The number of aromatic nitrogens is 3. The van der Waals surface area contributed by atoms with Crippen LogP contribution in [-0.4, -0.2) is 40.8 Å². The van der Waals surface area contributed by atoms with Crippen LogP contribution in [0.15, 0.2) is 18.5 Å². The minimum atomic E-state index is 0.646. The van der Waals surface area contributed by atoms with Crippen molar-refractivity contribution in [1.29, 1.82) is 0 Å². The predicted octanol–water partition coefficient (Wildman–Crippen LogP) is 1.23. The third-order valence-electron chi connectivity index (χ3n) is 3.69. The third kappa shape index (κ3) is 1.95. The lowest BCUT2D eigenvalue weighted by atomic mass is 10.1. The van der Waals surface area contributed by atoms with Crippen molar-refractivity contribution in [2.75, 3.05) is 25.0 Å². The molecule has 0 bridgehead atoms. The zero-order chi connectivity index (χ0) is 12.5. The predicted molar refractivity (Wildman–Crippen MR) is 72.0 cm³/mol. The van der Waals surface area contributed by atoms with Crippen molar-refractivity contribution < 1.29 is 0 Å². The molecule has 1 N–H and O–H groups in total. The van der Waals surface area contributed by atoms with Gasteiger partial charge < -0.3 is 10.2 Å². The standard InChI is InChI=1S/C13H19N5/c1-10-9-12-13(15-5-8-18(12)16-10)17-6-3-11(14-2)4-7-17/h5,8-9,11,14H,3-4,6-7H2,1-2H3. The highest BCUT2D eigenvalue weighted by Gasteiger charge is 2.20. The first kappa shape index (κ1) is 11.5. The normalized spacial score (nSPS) is 17.6. The van der Waals surface area contributed by atoms with Gasteiger partial charge in [0.15, 0.2) is 5.82 Å². The van der Waals surface area contributed by atoms with Crippen LogP contribution in [0.25, 0.3) is 5.52 Å². The monoisotopic (exact) mass is 245 g/mol. The Hall–Kier alpha value is -1.62. The minimum absolute atomic E-state index is 0.646. The second-order valence-electron chi connectivity index (χ2n) is 4.92. The molecule has 3 heterocycles. The Kier molecular flexibility index (Phi) is 2.91. The van der Waals surface area contributed by atoms with Crippen LogP contribution < -0.4 is 10.2 Å². The molecule has 1 saturated heterocycles. The molecule has 1 aliphatic heterocycles. The molecule has 3 rings (SSSR count). The van der Waals surface area contributed by atoms with Crippen LogP contribution in [0.2, 0.25) is 0 Å². The summed E-state index contributed by atoms with van der Waals surface area (Å²) >= 11 is 0. The molecule has 18 heavy (non-hydrogen) atoms. The molecule has 96 valence electrons. The van der Waals surface area contributed by atoms with Gasteiger partial charge in [0.05, 0.1) is 5.69 Å². The average molecular weight is 245 g/mol. The molecular formula is C13H19N5. The van der Waals surface area contributed by atoms with Gasteiger partial charge in [0, 0.05) is 31.5 Å². The molecule has 1 aliphatic rings. The molecular weight excluding hydrogens is 226 g/mol. The lowest BCUT2D eigenvalue weighted by molar-refractivity contribution is 0.441. The second-order valence-corrected chi connectivity index (χ2v) is 4.92. The van der Waals surface area contributed by atoms with Crippen LogP contribution in [0, 0.1) is 6.92 Å². The molecule has 0 atom stereocenters. The first-order chi connectivity index (χ1) is 8.78. The van der Waals surface area contributed by atoms with Gasteiger partial charge in [-0.3, -0.25) is 0 Å². The topological polar surface area (TPSA) is 45.5 Å². The van der Waals surface area contributed by atoms with Crippen molar-refractivity contribution in [3.63, 3.8) is 0 Å². The van der Waals surface area contributed by atoms with E-state index in [0.717, 1.165) is 30.1 Å². The average Bonchev–Trinajstić information content (AvgIpc) is 2.79. The number of rotatable bonds is 2. The maximum atomic E-state index is 4.54. The SMILES string of the molecule is CNC1CCN(c2nccn3nc(C)cc23)CC1. The summed E-state index contributed by atoms with van der Waals surface area (Å²) < 4.78 is 1.92. The summed E-state index contributed by atoms with van der Waals surface area (Å²) in [5, 5.41) is 7.79.